The minimum absolute atomic E-state index is 0.0310. The van der Waals surface area contributed by atoms with E-state index in [-0.39, 0.29) is 49.1 Å². The lowest BCUT2D eigenvalue weighted by Gasteiger charge is -2.09. The average molecular weight is 712 g/mol. The molecule has 46 heavy (non-hydrogen) atoms. The van der Waals surface area contributed by atoms with Crippen molar-refractivity contribution in [2.75, 3.05) is 17.2 Å². The summed E-state index contributed by atoms with van der Waals surface area (Å²) in [5.41, 5.74) is 5.02. The van der Waals surface area contributed by atoms with E-state index >= 15 is 0 Å². The van der Waals surface area contributed by atoms with Gasteiger partial charge in [-0.15, -0.1) is 20.5 Å². The molecular weight excluding hydrogens is 687 g/mol. The second kappa shape index (κ2) is 12.5. The largest absolute Gasteiger partial charge is 0.505 e. The van der Waals surface area contributed by atoms with Crippen LogP contribution in [0.25, 0.3) is 10.8 Å². The van der Waals surface area contributed by atoms with Crippen molar-refractivity contribution in [3.05, 3.63) is 60.7 Å². The molecule has 0 aliphatic carbocycles. The number of phenols is 1. The maximum atomic E-state index is 12.2. The van der Waals surface area contributed by atoms with Crippen LogP contribution in [0.4, 0.5) is 28.4 Å². The molecule has 16 nitrogen and oxygen atoms in total. The Hall–Kier alpha value is -4.34. The fourth-order valence-corrected chi connectivity index (χ4v) is 7.33. The molecule has 5 N–H and O–H groups in total. The Morgan fingerprint density at radius 3 is 1.46 bits per heavy atom. The molecule has 0 amide bonds. The lowest BCUT2D eigenvalue weighted by atomic mass is 10.1. The lowest BCUT2D eigenvalue weighted by Crippen LogP contribution is -2.06. The first-order valence-corrected chi connectivity index (χ1v) is 19.0. The zero-order valence-corrected chi connectivity index (χ0v) is 27.1. The summed E-state index contributed by atoms with van der Waals surface area (Å²) >= 11 is 0. The smallest absolute Gasteiger partial charge is 0.296 e. The van der Waals surface area contributed by atoms with Crippen LogP contribution in [0.5, 0.6) is 5.75 Å². The van der Waals surface area contributed by atoms with E-state index in [0.717, 1.165) is 36.4 Å². The number of sulfone groups is 2. The molecule has 0 saturated carbocycles. The highest BCUT2D eigenvalue weighted by Crippen LogP contribution is 2.43. The molecule has 4 aromatic rings. The SMILES string of the molecule is CCS(=O)(=O)c1ccc(/N=N/c2ccc3c(/N=N/c4ccc(S(=O)(=O)CC)cc4S(=O)(=O)O)c(N)ccc3c2O)c(S(=O)(=O)O)c1. The Bertz CT molecular complexity index is 2390. The zero-order valence-electron chi connectivity index (χ0n) is 23.8. The molecule has 20 heteroatoms. The number of azo groups is 2. The van der Waals surface area contributed by atoms with Crippen molar-refractivity contribution in [1.82, 2.24) is 0 Å². The molecule has 0 spiro atoms. The van der Waals surface area contributed by atoms with Gasteiger partial charge in [0.15, 0.2) is 25.4 Å². The van der Waals surface area contributed by atoms with Gasteiger partial charge in [-0.05, 0) is 60.7 Å². The van der Waals surface area contributed by atoms with E-state index in [4.69, 9.17) is 5.73 Å². The number of anilines is 1. The van der Waals surface area contributed by atoms with Crippen molar-refractivity contribution in [2.24, 2.45) is 20.5 Å². The monoisotopic (exact) mass is 711 g/mol. The third-order valence-corrected chi connectivity index (χ3v) is 11.8. The Labute approximate surface area is 263 Å². The standard InChI is InChI=1S/C26H25N5O11S4/c1-3-43(33,34)15-5-10-20(23(13-15)45(37,38)39)28-30-22-12-8-17-18(26(22)32)7-9-19(27)25(17)31-29-21-11-6-16(44(35,36)4-2)14-24(21)46(40,41)42/h5-14,32H,3-4,27H2,1-2H3,(H,37,38,39)(H,40,41,42)/b30-28+,31-29+. The summed E-state index contributed by atoms with van der Waals surface area (Å²) in [6, 6.07) is 11.1. The molecule has 0 fully saturated rings. The first kappa shape index (κ1) is 34.5. The van der Waals surface area contributed by atoms with Gasteiger partial charge >= 0.3 is 0 Å². The molecule has 4 aromatic carbocycles. The van der Waals surface area contributed by atoms with Crippen molar-refractivity contribution >= 4 is 79.1 Å². The molecule has 0 aliphatic heterocycles. The van der Waals surface area contributed by atoms with Crippen molar-refractivity contribution in [1.29, 1.82) is 0 Å². The predicted molar refractivity (Wildman–Crippen MR) is 166 cm³/mol. The summed E-state index contributed by atoms with van der Waals surface area (Å²) in [6.45, 7) is 2.71. The first-order valence-electron chi connectivity index (χ1n) is 12.9. The van der Waals surface area contributed by atoms with Crippen molar-refractivity contribution in [3.63, 3.8) is 0 Å². The average Bonchev–Trinajstić information content (AvgIpc) is 2.99. The summed E-state index contributed by atoms with van der Waals surface area (Å²) in [4.78, 5) is -2.37. The number of hydrogen-bond donors (Lipinski definition) is 4. The number of phenolic OH excluding ortho intramolecular Hbond substituents is 1. The van der Waals surface area contributed by atoms with Crippen LogP contribution in [0.3, 0.4) is 0 Å². The van der Waals surface area contributed by atoms with Gasteiger partial charge < -0.3 is 10.8 Å². The van der Waals surface area contributed by atoms with E-state index in [2.05, 4.69) is 20.5 Å². The normalized spacial score (nSPS) is 13.2. The fourth-order valence-electron chi connectivity index (χ4n) is 4.07. The number of nitrogens with zero attached hydrogens (tertiary/aromatic N) is 4. The Morgan fingerprint density at radius 1 is 0.587 bits per heavy atom. The second-order valence-electron chi connectivity index (χ2n) is 9.45. The van der Waals surface area contributed by atoms with Crippen molar-refractivity contribution < 1.29 is 47.9 Å². The number of nitrogen functional groups attached to an aromatic ring is 1. The number of rotatable bonds is 10. The molecule has 4 rings (SSSR count). The van der Waals surface area contributed by atoms with E-state index in [1.165, 1.54) is 38.1 Å². The van der Waals surface area contributed by atoms with Gasteiger partial charge in [0.2, 0.25) is 0 Å². The van der Waals surface area contributed by atoms with E-state index < -0.39 is 66.8 Å². The van der Waals surface area contributed by atoms with Crippen LogP contribution >= 0.6 is 0 Å². The third kappa shape index (κ3) is 7.06. The van der Waals surface area contributed by atoms with Gasteiger partial charge in [0.1, 0.15) is 32.5 Å². The highest BCUT2D eigenvalue weighted by Gasteiger charge is 2.23. The van der Waals surface area contributed by atoms with Crippen molar-refractivity contribution in [3.8, 4) is 5.75 Å². The quantitative estimate of drug-likeness (QED) is 0.0957. The fraction of sp³-hybridized carbons (Fsp3) is 0.154. The number of fused-ring (bicyclic) bond motifs is 1. The molecule has 0 bridgehead atoms. The van der Waals surface area contributed by atoms with Crippen LogP contribution in [-0.2, 0) is 39.9 Å². The summed E-state index contributed by atoms with van der Waals surface area (Å²) in [5.74, 6) is -1.13. The molecule has 0 atom stereocenters. The van der Waals surface area contributed by atoms with Crippen LogP contribution in [0.15, 0.2) is 101 Å². The molecule has 244 valence electrons. The van der Waals surface area contributed by atoms with Crippen LogP contribution in [0.1, 0.15) is 13.8 Å². The highest BCUT2D eigenvalue weighted by atomic mass is 32.2. The third-order valence-electron chi connectivity index (χ3n) is 6.57. The van der Waals surface area contributed by atoms with Crippen LogP contribution in [-0.4, -0.2) is 59.4 Å². The van der Waals surface area contributed by atoms with E-state index in [1.54, 1.807) is 0 Å². The minimum Gasteiger partial charge on any atom is -0.505 e. The Morgan fingerprint density at radius 2 is 1.00 bits per heavy atom. The van der Waals surface area contributed by atoms with Gasteiger partial charge in [0, 0.05) is 10.8 Å². The number of nitrogens with two attached hydrogens (primary N) is 1. The Balaban J connectivity index is 1.79. The lowest BCUT2D eigenvalue weighted by molar-refractivity contribution is 0.480. The number of aromatic hydroxyl groups is 1. The minimum atomic E-state index is -4.94. The van der Waals surface area contributed by atoms with Crippen LogP contribution < -0.4 is 5.73 Å². The second-order valence-corrected chi connectivity index (χ2v) is 16.8. The van der Waals surface area contributed by atoms with Gasteiger partial charge in [-0.1, -0.05) is 13.8 Å². The zero-order chi connectivity index (χ0) is 34.2. The van der Waals surface area contributed by atoms with Gasteiger partial charge in [-0.25, -0.2) is 16.8 Å². The number of benzene rings is 4. The molecule has 0 aliphatic rings. The Kier molecular flexibility index (Phi) is 9.35. The molecule has 0 radical (unpaired) electrons. The maximum absolute atomic E-state index is 12.2. The summed E-state index contributed by atoms with van der Waals surface area (Å²) < 4.78 is 116. The number of hydrogen-bond acceptors (Lipinski definition) is 14. The van der Waals surface area contributed by atoms with Gasteiger partial charge in [0.25, 0.3) is 20.2 Å². The first-order chi connectivity index (χ1) is 21.3. The van der Waals surface area contributed by atoms with Gasteiger partial charge in [-0.3, -0.25) is 9.11 Å². The molecule has 0 saturated heterocycles. The molecule has 0 unspecified atom stereocenters. The molecular formula is C26H25N5O11S4. The summed E-state index contributed by atoms with van der Waals surface area (Å²) in [7, 11) is -17.5. The summed E-state index contributed by atoms with van der Waals surface area (Å²) in [6.07, 6.45) is 0. The van der Waals surface area contributed by atoms with Gasteiger partial charge in [-0.2, -0.15) is 16.8 Å². The van der Waals surface area contributed by atoms with Gasteiger partial charge in [0.05, 0.1) is 27.0 Å². The van der Waals surface area contributed by atoms with E-state index in [9.17, 15) is 47.9 Å². The molecule has 0 aromatic heterocycles. The topological polar surface area (TPSA) is 273 Å². The van der Waals surface area contributed by atoms with Crippen molar-refractivity contribution in [2.45, 2.75) is 33.4 Å². The molecule has 0 heterocycles. The summed E-state index contributed by atoms with van der Waals surface area (Å²) in [5, 5.41) is 26.7. The van der Waals surface area contributed by atoms with E-state index in [0.29, 0.717) is 0 Å². The predicted octanol–water partition coefficient (Wildman–Crippen LogP) is 5.04. The van der Waals surface area contributed by atoms with Crippen LogP contribution in [0.2, 0.25) is 0 Å². The van der Waals surface area contributed by atoms with E-state index in [1.807, 2.05) is 0 Å². The highest BCUT2D eigenvalue weighted by molar-refractivity contribution is 7.91. The maximum Gasteiger partial charge on any atom is 0.296 e. The van der Waals surface area contributed by atoms with Crippen LogP contribution in [0, 0.1) is 0 Å².